The molecule has 3 N–H and O–H groups in total. The van der Waals surface area contributed by atoms with Gasteiger partial charge >= 0.3 is 0 Å². The number of rotatable bonds is 4. The predicted octanol–water partition coefficient (Wildman–Crippen LogP) is 0.390. The number of carbonyl (C=O) groups excluding carboxylic acids is 1. The molecule has 0 aliphatic heterocycles. The highest BCUT2D eigenvalue weighted by molar-refractivity contribution is 7.89. The van der Waals surface area contributed by atoms with Crippen molar-refractivity contribution in [2.45, 2.75) is 4.90 Å². The number of thiophene rings is 1. The summed E-state index contributed by atoms with van der Waals surface area (Å²) in [7, 11) is -1.00. The molecule has 10 heteroatoms. The van der Waals surface area contributed by atoms with E-state index < -0.39 is 15.9 Å². The summed E-state index contributed by atoms with van der Waals surface area (Å²) in [6.07, 6.45) is 1.22. The average molecular weight is 316 g/mol. The molecule has 0 bridgehead atoms. The molecule has 0 atom stereocenters. The summed E-state index contributed by atoms with van der Waals surface area (Å²) in [4.78, 5) is 12.1. The number of aryl methyl sites for hydroxylation is 1. The van der Waals surface area contributed by atoms with E-state index in [1.807, 2.05) is 0 Å². The summed E-state index contributed by atoms with van der Waals surface area (Å²) >= 11 is 1.17. The number of sulfonamides is 1. The minimum atomic E-state index is -3.97. The van der Waals surface area contributed by atoms with Crippen molar-refractivity contribution in [2.24, 2.45) is 12.2 Å². The van der Waals surface area contributed by atoms with E-state index in [2.05, 4.69) is 10.4 Å². The standard InChI is InChI=1S/C10H12N4O4S2/c1-14-5-7(20(11,16)17)9(13-14)12-10(15)8-6(18-2)3-4-19-8/h3-5H,1-2H3,(H2,11,16,17)(H,12,13,15). The van der Waals surface area contributed by atoms with Gasteiger partial charge in [-0.2, -0.15) is 5.10 Å². The second-order valence-electron chi connectivity index (χ2n) is 3.83. The van der Waals surface area contributed by atoms with Crippen molar-refractivity contribution in [3.05, 3.63) is 22.5 Å². The molecule has 20 heavy (non-hydrogen) atoms. The molecule has 0 radical (unpaired) electrons. The number of primary sulfonamides is 1. The highest BCUT2D eigenvalue weighted by Gasteiger charge is 2.22. The summed E-state index contributed by atoms with van der Waals surface area (Å²) in [5, 5.41) is 13.0. The Balaban J connectivity index is 2.34. The van der Waals surface area contributed by atoms with Crippen LogP contribution >= 0.6 is 11.3 Å². The number of nitrogens with one attached hydrogen (secondary N) is 1. The minimum Gasteiger partial charge on any atom is -0.495 e. The molecule has 108 valence electrons. The van der Waals surface area contributed by atoms with Crippen LogP contribution in [-0.4, -0.2) is 31.2 Å². The molecule has 0 aliphatic carbocycles. The Hall–Kier alpha value is -1.91. The monoisotopic (exact) mass is 316 g/mol. The highest BCUT2D eigenvalue weighted by Crippen LogP contribution is 2.26. The van der Waals surface area contributed by atoms with Crippen molar-refractivity contribution in [1.82, 2.24) is 9.78 Å². The van der Waals surface area contributed by atoms with Crippen molar-refractivity contribution >= 4 is 33.1 Å². The maximum Gasteiger partial charge on any atom is 0.270 e. The predicted molar refractivity (Wildman–Crippen MR) is 73.4 cm³/mol. The van der Waals surface area contributed by atoms with Gasteiger partial charge in [0.1, 0.15) is 15.5 Å². The van der Waals surface area contributed by atoms with E-state index in [0.717, 1.165) is 0 Å². The second kappa shape index (κ2) is 5.23. The Kier molecular flexibility index (Phi) is 3.79. The molecule has 2 rings (SSSR count). The van der Waals surface area contributed by atoms with E-state index in [-0.39, 0.29) is 10.7 Å². The maximum atomic E-state index is 12.1. The zero-order valence-corrected chi connectivity index (χ0v) is 12.3. The van der Waals surface area contributed by atoms with Crippen LogP contribution < -0.4 is 15.2 Å². The van der Waals surface area contributed by atoms with Crippen molar-refractivity contribution in [2.75, 3.05) is 12.4 Å². The Bertz CT molecular complexity index is 747. The fourth-order valence-electron chi connectivity index (χ4n) is 1.55. The number of anilines is 1. The first-order valence-corrected chi connectivity index (χ1v) is 7.75. The van der Waals surface area contributed by atoms with Gasteiger partial charge in [-0.15, -0.1) is 11.3 Å². The first-order valence-electron chi connectivity index (χ1n) is 5.32. The van der Waals surface area contributed by atoms with Gasteiger partial charge in [0.2, 0.25) is 10.0 Å². The molecule has 0 saturated heterocycles. The molecule has 2 aromatic heterocycles. The molecule has 0 saturated carbocycles. The number of carbonyl (C=O) groups is 1. The number of hydrogen-bond donors (Lipinski definition) is 2. The molecular weight excluding hydrogens is 304 g/mol. The van der Waals surface area contributed by atoms with Gasteiger partial charge in [0, 0.05) is 13.2 Å². The van der Waals surface area contributed by atoms with Crippen LogP contribution in [0.15, 0.2) is 22.5 Å². The fourth-order valence-corrected chi connectivity index (χ4v) is 2.96. The minimum absolute atomic E-state index is 0.115. The van der Waals surface area contributed by atoms with Gasteiger partial charge in [-0.05, 0) is 11.4 Å². The molecule has 2 heterocycles. The molecule has 0 fully saturated rings. The van der Waals surface area contributed by atoms with Gasteiger partial charge in [0.05, 0.1) is 7.11 Å². The third-order valence-corrected chi connectivity index (χ3v) is 4.20. The van der Waals surface area contributed by atoms with Crippen LogP contribution in [0.3, 0.4) is 0 Å². The number of ether oxygens (including phenoxy) is 1. The fraction of sp³-hybridized carbons (Fsp3) is 0.200. The summed E-state index contributed by atoms with van der Waals surface area (Å²) in [5.41, 5.74) is 0. The van der Waals surface area contributed by atoms with Crippen molar-refractivity contribution in [3.63, 3.8) is 0 Å². The van der Waals surface area contributed by atoms with Gasteiger partial charge in [-0.25, -0.2) is 13.6 Å². The SMILES string of the molecule is COc1ccsc1C(=O)Nc1nn(C)cc1S(N)(=O)=O. The normalized spacial score (nSPS) is 11.3. The molecule has 0 aliphatic rings. The van der Waals surface area contributed by atoms with Gasteiger partial charge < -0.3 is 10.1 Å². The number of aromatic nitrogens is 2. The molecule has 0 spiro atoms. The third kappa shape index (κ3) is 2.81. The molecule has 0 unspecified atom stereocenters. The second-order valence-corrected chi connectivity index (χ2v) is 6.28. The average Bonchev–Trinajstić information content (AvgIpc) is 2.94. The first kappa shape index (κ1) is 14.5. The van der Waals surface area contributed by atoms with Crippen LogP contribution in [0.1, 0.15) is 9.67 Å². The summed E-state index contributed by atoms with van der Waals surface area (Å²) in [6.45, 7) is 0. The Morgan fingerprint density at radius 3 is 2.85 bits per heavy atom. The number of nitrogens with zero attached hydrogens (tertiary/aromatic N) is 2. The first-order chi connectivity index (χ1) is 9.32. The van der Waals surface area contributed by atoms with Crippen LogP contribution in [0.4, 0.5) is 5.82 Å². The van der Waals surface area contributed by atoms with Crippen LogP contribution in [0.25, 0.3) is 0 Å². The number of nitrogens with two attached hydrogens (primary N) is 1. The lowest BCUT2D eigenvalue weighted by molar-refractivity contribution is 0.102. The molecular formula is C10H12N4O4S2. The number of amides is 1. The van der Waals surface area contributed by atoms with E-state index in [1.165, 1.54) is 36.4 Å². The Morgan fingerprint density at radius 2 is 2.25 bits per heavy atom. The zero-order valence-electron chi connectivity index (χ0n) is 10.7. The maximum absolute atomic E-state index is 12.1. The van der Waals surface area contributed by atoms with E-state index in [4.69, 9.17) is 9.88 Å². The highest BCUT2D eigenvalue weighted by atomic mass is 32.2. The van der Waals surface area contributed by atoms with E-state index in [0.29, 0.717) is 10.6 Å². The Morgan fingerprint density at radius 1 is 1.55 bits per heavy atom. The summed E-state index contributed by atoms with van der Waals surface area (Å²) in [6, 6.07) is 1.64. The van der Waals surface area contributed by atoms with Crippen molar-refractivity contribution in [1.29, 1.82) is 0 Å². The summed E-state index contributed by atoms with van der Waals surface area (Å²) < 4.78 is 29.1. The zero-order chi connectivity index (χ0) is 14.9. The third-order valence-electron chi connectivity index (χ3n) is 2.39. The van der Waals surface area contributed by atoms with E-state index in [1.54, 1.807) is 11.4 Å². The quantitative estimate of drug-likeness (QED) is 0.846. The van der Waals surface area contributed by atoms with Crippen molar-refractivity contribution in [3.8, 4) is 5.75 Å². The lowest BCUT2D eigenvalue weighted by Crippen LogP contribution is -2.17. The molecule has 8 nitrogen and oxygen atoms in total. The smallest absolute Gasteiger partial charge is 0.270 e. The lowest BCUT2D eigenvalue weighted by atomic mass is 10.4. The van der Waals surface area contributed by atoms with E-state index in [9.17, 15) is 13.2 Å². The van der Waals surface area contributed by atoms with Crippen LogP contribution in [0.5, 0.6) is 5.75 Å². The largest absolute Gasteiger partial charge is 0.495 e. The summed E-state index contributed by atoms with van der Waals surface area (Å²) in [5.74, 6) is -0.225. The van der Waals surface area contributed by atoms with Gasteiger partial charge in [-0.3, -0.25) is 9.48 Å². The molecule has 0 aromatic carbocycles. The van der Waals surface area contributed by atoms with Gasteiger partial charge in [0.15, 0.2) is 5.82 Å². The Labute approximate surface area is 119 Å². The number of hydrogen-bond acceptors (Lipinski definition) is 6. The van der Waals surface area contributed by atoms with Gasteiger partial charge in [-0.1, -0.05) is 0 Å². The van der Waals surface area contributed by atoms with Gasteiger partial charge in [0.25, 0.3) is 5.91 Å². The van der Waals surface area contributed by atoms with Crippen LogP contribution in [0.2, 0.25) is 0 Å². The van der Waals surface area contributed by atoms with E-state index >= 15 is 0 Å². The molecule has 1 amide bonds. The van der Waals surface area contributed by atoms with Crippen LogP contribution in [-0.2, 0) is 17.1 Å². The topological polar surface area (TPSA) is 116 Å². The number of methoxy groups -OCH3 is 1. The van der Waals surface area contributed by atoms with Crippen molar-refractivity contribution < 1.29 is 17.9 Å². The molecule has 2 aromatic rings. The lowest BCUT2D eigenvalue weighted by Gasteiger charge is -2.04. The van der Waals surface area contributed by atoms with Crippen LogP contribution in [0, 0.1) is 0 Å².